The molecule has 166 valence electrons. The molecule has 0 aromatic heterocycles. The highest BCUT2D eigenvalue weighted by Gasteiger charge is 2.51. The third kappa shape index (κ3) is 3.61. The Morgan fingerprint density at radius 3 is 2.41 bits per heavy atom. The van der Waals surface area contributed by atoms with Crippen molar-refractivity contribution in [2.75, 3.05) is 12.1 Å². The van der Waals surface area contributed by atoms with E-state index in [0.717, 1.165) is 35.1 Å². The van der Waals surface area contributed by atoms with Gasteiger partial charge in [-0.3, -0.25) is 9.35 Å². The number of nitrogens with one attached hydrogen (secondary N) is 1. The molecule has 1 saturated carbocycles. The van der Waals surface area contributed by atoms with Gasteiger partial charge in [0.2, 0.25) is 12.7 Å². The minimum absolute atomic E-state index is 0. The third-order valence-electron chi connectivity index (χ3n) is 6.07. The first-order chi connectivity index (χ1) is 15.3. The molecule has 7 nitrogen and oxygen atoms in total. The molecule has 0 atom stereocenters. The van der Waals surface area contributed by atoms with Gasteiger partial charge >= 0.3 is 0 Å². The summed E-state index contributed by atoms with van der Waals surface area (Å²) in [5, 5.41) is 3.04. The lowest BCUT2D eigenvalue weighted by Crippen LogP contribution is -2.27. The number of hydrogen-bond donors (Lipinski definition) is 2. The van der Waals surface area contributed by atoms with Gasteiger partial charge in [-0.25, -0.2) is 0 Å². The van der Waals surface area contributed by atoms with Gasteiger partial charge in [0.15, 0.2) is 11.5 Å². The van der Waals surface area contributed by atoms with E-state index in [4.69, 9.17) is 9.47 Å². The van der Waals surface area contributed by atoms with Crippen molar-refractivity contribution in [2.45, 2.75) is 30.1 Å². The van der Waals surface area contributed by atoms with Crippen LogP contribution >= 0.6 is 0 Å². The van der Waals surface area contributed by atoms with Crippen LogP contribution in [0.1, 0.15) is 25.4 Å². The summed E-state index contributed by atoms with van der Waals surface area (Å²) in [6, 6.07) is 17.2. The molecule has 0 bridgehead atoms. The fourth-order valence-corrected chi connectivity index (χ4v) is 4.51. The Kier molecular flexibility index (Phi) is 4.72. The van der Waals surface area contributed by atoms with Crippen LogP contribution < -0.4 is 14.8 Å². The molecule has 0 spiro atoms. The fourth-order valence-electron chi connectivity index (χ4n) is 4.03. The summed E-state index contributed by atoms with van der Waals surface area (Å²) in [5.41, 5.74) is 3.59. The van der Waals surface area contributed by atoms with Gasteiger partial charge in [0, 0.05) is 7.11 Å². The largest absolute Gasteiger partial charge is 0.454 e. The lowest BCUT2D eigenvalue weighted by Gasteiger charge is -2.17. The van der Waals surface area contributed by atoms with E-state index in [1.807, 2.05) is 43.3 Å². The smallest absolute Gasteiger partial charge is 0.294 e. The number of hydrogen-bond acceptors (Lipinski definition) is 5. The molecule has 0 unspecified atom stereocenters. The van der Waals surface area contributed by atoms with Gasteiger partial charge in [-0.2, -0.15) is 8.42 Å². The first kappa shape index (κ1) is 20.5. The van der Waals surface area contributed by atoms with E-state index in [-0.39, 0.29) is 19.0 Å². The Morgan fingerprint density at radius 2 is 1.72 bits per heavy atom. The molecule has 32 heavy (non-hydrogen) atoms. The van der Waals surface area contributed by atoms with Crippen molar-refractivity contribution >= 4 is 21.7 Å². The van der Waals surface area contributed by atoms with Crippen LogP contribution in [0.4, 0.5) is 5.69 Å². The highest BCUT2D eigenvalue weighted by atomic mass is 32.2. The predicted octanol–water partition coefficient (Wildman–Crippen LogP) is 4.55. The number of fused-ring (bicyclic) bond motifs is 1. The first-order valence-electron chi connectivity index (χ1n) is 10.2. The van der Waals surface area contributed by atoms with Gasteiger partial charge in [-0.15, -0.1) is 0 Å². The van der Waals surface area contributed by atoms with Gasteiger partial charge in [0.05, 0.1) is 10.3 Å². The van der Waals surface area contributed by atoms with Crippen molar-refractivity contribution in [3.8, 4) is 22.6 Å². The monoisotopic (exact) mass is 453 g/mol. The first-order valence-corrected chi connectivity index (χ1v) is 11.6. The molecule has 2 aliphatic rings. The number of anilines is 1. The lowest BCUT2D eigenvalue weighted by molar-refractivity contribution is -0.118. The zero-order valence-corrected chi connectivity index (χ0v) is 18.1. The van der Waals surface area contributed by atoms with Crippen molar-refractivity contribution < 1.29 is 28.7 Å². The van der Waals surface area contributed by atoms with Crippen LogP contribution in [-0.2, 0) is 20.3 Å². The van der Waals surface area contributed by atoms with Crippen molar-refractivity contribution in [3.05, 3.63) is 71.8 Å². The van der Waals surface area contributed by atoms with E-state index in [1.165, 1.54) is 12.1 Å². The maximum atomic E-state index is 13.2. The third-order valence-corrected chi connectivity index (χ3v) is 6.94. The molecule has 1 aliphatic heterocycles. The van der Waals surface area contributed by atoms with Crippen molar-refractivity contribution in [3.63, 3.8) is 0 Å². The molecule has 1 fully saturated rings. The molecular weight excluding hydrogens is 430 g/mol. The summed E-state index contributed by atoms with van der Waals surface area (Å²) < 4.78 is 42.6. The molecule has 0 radical (unpaired) electrons. The SMILES string of the molecule is Cc1ccc(NC(=O)C2(c3ccc4c(c3)OCO4)CC2)cc1-c1ccc(S(=O)(=O)O)cc1.[HH]. The van der Waals surface area contributed by atoms with Gasteiger partial charge < -0.3 is 14.8 Å². The minimum atomic E-state index is -4.25. The number of carbonyl (C=O) groups is 1. The van der Waals surface area contributed by atoms with E-state index in [1.54, 1.807) is 12.1 Å². The second kappa shape index (κ2) is 7.36. The Hall–Kier alpha value is -3.36. The van der Waals surface area contributed by atoms with Gasteiger partial charge in [0.1, 0.15) is 0 Å². The van der Waals surface area contributed by atoms with Crippen LogP contribution in [0.25, 0.3) is 11.1 Å². The Balaban J connectivity index is 0.00000259. The fraction of sp³-hybridized carbons (Fsp3) is 0.208. The summed E-state index contributed by atoms with van der Waals surface area (Å²) >= 11 is 0. The van der Waals surface area contributed by atoms with Crippen LogP contribution in [0.15, 0.2) is 65.6 Å². The zero-order chi connectivity index (χ0) is 22.5. The highest BCUT2D eigenvalue weighted by molar-refractivity contribution is 7.85. The zero-order valence-electron chi connectivity index (χ0n) is 17.3. The quantitative estimate of drug-likeness (QED) is 0.550. The molecule has 8 heteroatoms. The summed E-state index contributed by atoms with van der Waals surface area (Å²) in [6.07, 6.45) is 1.52. The number of aryl methyl sites for hydroxylation is 1. The number of amides is 1. The number of ether oxygens (including phenoxy) is 2. The average molecular weight is 454 g/mol. The molecule has 2 N–H and O–H groups in total. The van der Waals surface area contributed by atoms with Crippen LogP contribution in [0.2, 0.25) is 0 Å². The van der Waals surface area contributed by atoms with E-state index < -0.39 is 15.5 Å². The van der Waals surface area contributed by atoms with Crippen molar-refractivity contribution in [1.82, 2.24) is 0 Å². The highest BCUT2D eigenvalue weighted by Crippen LogP contribution is 2.51. The van der Waals surface area contributed by atoms with Crippen molar-refractivity contribution in [1.29, 1.82) is 0 Å². The van der Waals surface area contributed by atoms with E-state index >= 15 is 0 Å². The molecule has 3 aromatic rings. The summed E-state index contributed by atoms with van der Waals surface area (Å²) in [4.78, 5) is 13.0. The Labute approximate surface area is 187 Å². The van der Waals surface area contributed by atoms with E-state index in [0.29, 0.717) is 17.2 Å². The standard InChI is InChI=1S/C24H21NO6S.H2/c1-15-2-6-18(13-20(15)16-3-7-19(8-4-16)32(27,28)29)25-23(26)24(10-11-24)17-5-9-21-22(12-17)31-14-30-21;/h2-9,12-13H,10-11,14H2,1H3,(H,25,26)(H,27,28,29);1H. The average Bonchev–Trinajstić information content (AvgIpc) is 3.45. The second-order valence-electron chi connectivity index (χ2n) is 8.13. The molecule has 1 aliphatic carbocycles. The summed E-state index contributed by atoms with van der Waals surface area (Å²) in [6.45, 7) is 2.13. The lowest BCUT2D eigenvalue weighted by atomic mass is 9.94. The molecule has 1 amide bonds. The molecule has 3 aromatic carbocycles. The summed E-state index contributed by atoms with van der Waals surface area (Å²) in [7, 11) is -4.25. The minimum Gasteiger partial charge on any atom is -0.454 e. The normalized spacial score (nSPS) is 15.9. The van der Waals surface area contributed by atoms with E-state index in [9.17, 15) is 17.8 Å². The van der Waals surface area contributed by atoms with Crippen molar-refractivity contribution in [2.24, 2.45) is 0 Å². The number of benzene rings is 3. The van der Waals surface area contributed by atoms with Gasteiger partial charge in [-0.1, -0.05) is 24.3 Å². The second-order valence-corrected chi connectivity index (χ2v) is 9.55. The van der Waals surface area contributed by atoms with Crippen LogP contribution in [0.5, 0.6) is 11.5 Å². The summed E-state index contributed by atoms with van der Waals surface area (Å²) in [5.74, 6) is 1.27. The predicted molar refractivity (Wildman–Crippen MR) is 121 cm³/mol. The van der Waals surface area contributed by atoms with Crippen LogP contribution in [0, 0.1) is 6.92 Å². The van der Waals surface area contributed by atoms with E-state index in [2.05, 4.69) is 5.32 Å². The molecule has 5 rings (SSSR count). The topological polar surface area (TPSA) is 102 Å². The molecular formula is C24H23NO6S. The number of rotatable bonds is 5. The number of carbonyl (C=O) groups excluding carboxylic acids is 1. The van der Waals surface area contributed by atoms with Crippen LogP contribution in [0.3, 0.4) is 0 Å². The maximum absolute atomic E-state index is 13.2. The van der Waals surface area contributed by atoms with Crippen LogP contribution in [-0.4, -0.2) is 25.7 Å². The maximum Gasteiger partial charge on any atom is 0.294 e. The van der Waals surface area contributed by atoms with Gasteiger partial charge in [0.25, 0.3) is 10.1 Å². The van der Waals surface area contributed by atoms with Gasteiger partial charge in [-0.05, 0) is 78.4 Å². The molecule has 1 heterocycles. The Morgan fingerprint density at radius 1 is 1.00 bits per heavy atom. The molecule has 0 saturated heterocycles. The Bertz CT molecular complexity index is 1330.